The summed E-state index contributed by atoms with van der Waals surface area (Å²) < 4.78 is 7.65. The summed E-state index contributed by atoms with van der Waals surface area (Å²) in [6.07, 6.45) is 8.65. The summed E-state index contributed by atoms with van der Waals surface area (Å²) in [5, 5.41) is 3.88. The minimum Gasteiger partial charge on any atom is -0.376 e. The molecule has 0 aromatic carbocycles. The Balaban J connectivity index is 1.40. The van der Waals surface area contributed by atoms with Crippen molar-refractivity contribution in [3.8, 4) is 0 Å². The molecule has 1 aliphatic heterocycles. The van der Waals surface area contributed by atoms with Crippen molar-refractivity contribution in [2.45, 2.75) is 43.0 Å². The molecule has 3 rings (SSSR count). The van der Waals surface area contributed by atoms with E-state index in [4.69, 9.17) is 4.74 Å². The molecule has 1 aromatic heterocycles. The average Bonchev–Trinajstić information content (AvgIpc) is 2.94. The highest BCUT2D eigenvalue weighted by atomic mass is 32.2. The second-order valence-electron chi connectivity index (χ2n) is 5.08. The van der Waals surface area contributed by atoms with E-state index in [1.54, 1.807) is 0 Å². The van der Waals surface area contributed by atoms with Crippen LogP contribution in [-0.2, 0) is 9.53 Å². The molecule has 19 heavy (non-hydrogen) atoms. The maximum atomic E-state index is 11.8. The van der Waals surface area contributed by atoms with E-state index < -0.39 is 0 Å². The number of nitrogens with one attached hydrogen (secondary N) is 1. The molecule has 1 aromatic rings. The summed E-state index contributed by atoms with van der Waals surface area (Å²) in [6.45, 7) is 1.46. The molecule has 1 amide bonds. The van der Waals surface area contributed by atoms with Crippen LogP contribution >= 0.6 is 11.8 Å². The third kappa shape index (κ3) is 3.51. The molecular weight excluding hydrogens is 262 g/mol. The molecule has 1 aliphatic carbocycles. The molecule has 0 radical (unpaired) electrons. The Labute approximate surface area is 117 Å². The molecule has 1 saturated heterocycles. The number of hydrogen-bond donors (Lipinski definition) is 1. The van der Waals surface area contributed by atoms with Gasteiger partial charge < -0.3 is 14.6 Å². The second-order valence-corrected chi connectivity index (χ2v) is 6.02. The number of aromatic nitrogens is 2. The number of rotatable bonds is 6. The Kier molecular flexibility index (Phi) is 4.08. The molecule has 6 heteroatoms. The van der Waals surface area contributed by atoms with E-state index in [1.165, 1.54) is 24.6 Å². The van der Waals surface area contributed by atoms with Crippen LogP contribution in [0.25, 0.3) is 0 Å². The van der Waals surface area contributed by atoms with Crippen LogP contribution < -0.4 is 5.32 Å². The largest absolute Gasteiger partial charge is 0.376 e. The first-order valence-electron chi connectivity index (χ1n) is 6.87. The van der Waals surface area contributed by atoms with Crippen molar-refractivity contribution >= 4 is 17.7 Å². The lowest BCUT2D eigenvalue weighted by Gasteiger charge is -2.10. The smallest absolute Gasteiger partial charge is 0.230 e. The molecule has 0 unspecified atom stereocenters. The topological polar surface area (TPSA) is 56.2 Å². The van der Waals surface area contributed by atoms with Crippen molar-refractivity contribution in [3.05, 3.63) is 12.4 Å². The van der Waals surface area contributed by atoms with Crippen LogP contribution in [-0.4, -0.2) is 40.5 Å². The van der Waals surface area contributed by atoms with Crippen LogP contribution in [0, 0.1) is 0 Å². The number of imidazole rings is 1. The lowest BCUT2D eigenvalue weighted by atomic mass is 10.2. The maximum Gasteiger partial charge on any atom is 0.230 e. The van der Waals surface area contributed by atoms with E-state index in [9.17, 15) is 4.79 Å². The van der Waals surface area contributed by atoms with Crippen molar-refractivity contribution in [1.82, 2.24) is 14.9 Å². The number of amides is 1. The first-order chi connectivity index (χ1) is 9.33. The fourth-order valence-electron chi connectivity index (χ4n) is 2.26. The lowest BCUT2D eigenvalue weighted by molar-refractivity contribution is -0.119. The Morgan fingerprint density at radius 3 is 3.16 bits per heavy atom. The van der Waals surface area contributed by atoms with Gasteiger partial charge in [-0.1, -0.05) is 11.8 Å². The zero-order valence-electron chi connectivity index (χ0n) is 10.9. The van der Waals surface area contributed by atoms with Gasteiger partial charge in [0.25, 0.3) is 0 Å². The summed E-state index contributed by atoms with van der Waals surface area (Å²) in [6, 6.07) is 0.611. The van der Waals surface area contributed by atoms with Gasteiger partial charge in [0.05, 0.1) is 11.9 Å². The molecule has 0 bridgehead atoms. The molecule has 0 spiro atoms. The van der Waals surface area contributed by atoms with Crippen LogP contribution in [0.2, 0.25) is 0 Å². The Morgan fingerprint density at radius 1 is 1.53 bits per heavy atom. The number of carbonyl (C=O) groups is 1. The van der Waals surface area contributed by atoms with Gasteiger partial charge in [0, 0.05) is 31.6 Å². The van der Waals surface area contributed by atoms with E-state index in [0.717, 1.165) is 24.6 Å². The first-order valence-corrected chi connectivity index (χ1v) is 7.85. The van der Waals surface area contributed by atoms with Gasteiger partial charge in [0.2, 0.25) is 5.91 Å². The van der Waals surface area contributed by atoms with Crippen molar-refractivity contribution in [2.75, 3.05) is 18.9 Å². The molecule has 1 saturated carbocycles. The quantitative estimate of drug-likeness (QED) is 0.805. The predicted molar refractivity (Wildman–Crippen MR) is 73.2 cm³/mol. The SMILES string of the molecule is O=C(CSc1nccn1C1CC1)NC[C@H]1CCCO1. The minimum atomic E-state index is 0.0610. The van der Waals surface area contributed by atoms with Gasteiger partial charge in [-0.25, -0.2) is 4.98 Å². The van der Waals surface area contributed by atoms with Gasteiger partial charge in [-0.05, 0) is 25.7 Å². The van der Waals surface area contributed by atoms with Gasteiger partial charge in [0.15, 0.2) is 5.16 Å². The maximum absolute atomic E-state index is 11.8. The second kappa shape index (κ2) is 5.96. The first kappa shape index (κ1) is 13.0. The summed E-state index contributed by atoms with van der Waals surface area (Å²) in [4.78, 5) is 16.1. The number of nitrogens with zero attached hydrogens (tertiary/aromatic N) is 2. The Morgan fingerprint density at radius 2 is 2.42 bits per heavy atom. The van der Waals surface area contributed by atoms with E-state index in [0.29, 0.717) is 18.3 Å². The van der Waals surface area contributed by atoms with Gasteiger partial charge in [-0.3, -0.25) is 4.79 Å². The molecule has 5 nitrogen and oxygen atoms in total. The summed E-state index contributed by atoms with van der Waals surface area (Å²) in [7, 11) is 0. The van der Waals surface area contributed by atoms with Crippen LogP contribution in [0.15, 0.2) is 17.6 Å². The van der Waals surface area contributed by atoms with Crippen molar-refractivity contribution in [3.63, 3.8) is 0 Å². The fraction of sp³-hybridized carbons (Fsp3) is 0.692. The summed E-state index contributed by atoms with van der Waals surface area (Å²) in [5.41, 5.74) is 0. The van der Waals surface area contributed by atoms with Gasteiger partial charge >= 0.3 is 0 Å². The van der Waals surface area contributed by atoms with E-state index >= 15 is 0 Å². The standard InChI is InChI=1S/C13H19N3O2S/c17-12(15-8-11-2-1-7-18-11)9-19-13-14-5-6-16(13)10-3-4-10/h5-6,10-11H,1-4,7-9H2,(H,15,17)/t11-/m1/s1. The zero-order chi connectivity index (χ0) is 13.1. The highest BCUT2D eigenvalue weighted by Gasteiger charge is 2.25. The molecule has 2 heterocycles. The van der Waals surface area contributed by atoms with Crippen LogP contribution in [0.3, 0.4) is 0 Å². The van der Waals surface area contributed by atoms with Crippen molar-refractivity contribution in [2.24, 2.45) is 0 Å². The minimum absolute atomic E-state index is 0.0610. The summed E-state index contributed by atoms with van der Waals surface area (Å²) in [5.74, 6) is 0.488. The number of hydrogen-bond acceptors (Lipinski definition) is 4. The van der Waals surface area contributed by atoms with Crippen LogP contribution in [0.1, 0.15) is 31.7 Å². The van der Waals surface area contributed by atoms with Crippen LogP contribution in [0.4, 0.5) is 0 Å². The lowest BCUT2D eigenvalue weighted by Crippen LogP contribution is -2.32. The molecule has 2 fully saturated rings. The van der Waals surface area contributed by atoms with Gasteiger partial charge in [-0.15, -0.1) is 0 Å². The molecule has 1 atom stereocenters. The average molecular weight is 281 g/mol. The third-order valence-electron chi connectivity index (χ3n) is 3.46. The molecule has 2 aliphatic rings. The predicted octanol–water partition coefficient (Wildman–Crippen LogP) is 1.61. The molecule has 104 valence electrons. The van der Waals surface area contributed by atoms with E-state index in [1.807, 2.05) is 12.4 Å². The Bertz CT molecular complexity index is 439. The molecule has 1 N–H and O–H groups in total. The highest BCUT2D eigenvalue weighted by Crippen LogP contribution is 2.37. The Hall–Kier alpha value is -1.01. The van der Waals surface area contributed by atoms with E-state index in [2.05, 4.69) is 14.9 Å². The normalized spacial score (nSPS) is 22.6. The fourth-order valence-corrected chi connectivity index (χ4v) is 3.11. The number of ether oxygens (including phenoxy) is 1. The van der Waals surface area contributed by atoms with Crippen LogP contribution in [0.5, 0.6) is 0 Å². The van der Waals surface area contributed by atoms with Crippen molar-refractivity contribution in [1.29, 1.82) is 0 Å². The number of carbonyl (C=O) groups excluding carboxylic acids is 1. The van der Waals surface area contributed by atoms with E-state index in [-0.39, 0.29) is 12.0 Å². The monoisotopic (exact) mass is 281 g/mol. The highest BCUT2D eigenvalue weighted by molar-refractivity contribution is 7.99. The number of thioether (sulfide) groups is 1. The van der Waals surface area contributed by atoms with Crippen molar-refractivity contribution < 1.29 is 9.53 Å². The zero-order valence-corrected chi connectivity index (χ0v) is 11.7. The third-order valence-corrected chi connectivity index (χ3v) is 4.44. The molecular formula is C13H19N3O2S. The van der Waals surface area contributed by atoms with Gasteiger partial charge in [0.1, 0.15) is 0 Å². The van der Waals surface area contributed by atoms with Gasteiger partial charge in [-0.2, -0.15) is 0 Å². The summed E-state index contributed by atoms with van der Waals surface area (Å²) >= 11 is 1.51.